The topological polar surface area (TPSA) is 125 Å². The third-order valence-electron chi connectivity index (χ3n) is 5.80. The van der Waals surface area contributed by atoms with E-state index in [2.05, 4.69) is 16.0 Å². The van der Waals surface area contributed by atoms with Crippen molar-refractivity contribution in [3.8, 4) is 0 Å². The highest BCUT2D eigenvalue weighted by Gasteiger charge is 2.29. The lowest BCUT2D eigenvalue weighted by molar-refractivity contribution is -0.125. The quantitative estimate of drug-likeness (QED) is 0.562. The largest absolute Gasteiger partial charge is 0.356 e. The molecule has 9 nitrogen and oxygen atoms in total. The second-order valence-electron chi connectivity index (χ2n) is 8.12. The summed E-state index contributed by atoms with van der Waals surface area (Å²) in [5.41, 5.74) is 1.65. The van der Waals surface area contributed by atoms with Crippen LogP contribution in [-0.4, -0.2) is 56.1 Å². The van der Waals surface area contributed by atoms with Crippen LogP contribution < -0.4 is 16.0 Å². The first-order valence-electron chi connectivity index (χ1n) is 10.9. The molecule has 3 amide bonds. The van der Waals surface area contributed by atoms with Gasteiger partial charge in [-0.1, -0.05) is 24.3 Å². The molecule has 1 fully saturated rings. The zero-order valence-corrected chi connectivity index (χ0v) is 18.9. The fourth-order valence-electron chi connectivity index (χ4n) is 3.96. The lowest BCUT2D eigenvalue weighted by atomic mass is 10.1. The van der Waals surface area contributed by atoms with Gasteiger partial charge in [0, 0.05) is 19.6 Å². The Labute approximate surface area is 192 Å². The molecule has 0 aliphatic carbocycles. The highest BCUT2D eigenvalue weighted by molar-refractivity contribution is 7.89. The van der Waals surface area contributed by atoms with Crippen LogP contribution >= 0.6 is 0 Å². The highest BCUT2D eigenvalue weighted by atomic mass is 32.2. The fraction of sp³-hybridized carbons (Fsp3) is 0.348. The van der Waals surface area contributed by atoms with Crippen LogP contribution in [0.15, 0.2) is 53.4 Å². The van der Waals surface area contributed by atoms with E-state index < -0.39 is 27.9 Å². The Morgan fingerprint density at radius 3 is 2.45 bits per heavy atom. The number of hydrogen-bond acceptors (Lipinski definition) is 5. The molecule has 2 heterocycles. The van der Waals surface area contributed by atoms with Crippen LogP contribution in [0.5, 0.6) is 0 Å². The first-order chi connectivity index (χ1) is 15.8. The number of benzene rings is 2. The summed E-state index contributed by atoms with van der Waals surface area (Å²) in [5.74, 6) is -1.22. The minimum atomic E-state index is -3.45. The maximum absolute atomic E-state index is 12.6. The summed E-state index contributed by atoms with van der Waals surface area (Å²) in [4.78, 5) is 37.4. The van der Waals surface area contributed by atoms with E-state index in [1.807, 2.05) is 0 Å². The second-order valence-corrected chi connectivity index (χ2v) is 10.1. The fourth-order valence-corrected chi connectivity index (χ4v) is 5.48. The van der Waals surface area contributed by atoms with Crippen LogP contribution in [-0.2, 0) is 26.0 Å². The van der Waals surface area contributed by atoms with Crippen molar-refractivity contribution in [2.75, 3.05) is 25.0 Å². The van der Waals surface area contributed by atoms with Gasteiger partial charge in [0.15, 0.2) is 0 Å². The van der Waals surface area contributed by atoms with Crippen molar-refractivity contribution in [2.24, 2.45) is 0 Å². The molecule has 0 bridgehead atoms. The van der Waals surface area contributed by atoms with E-state index in [4.69, 9.17) is 0 Å². The van der Waals surface area contributed by atoms with Crippen LogP contribution in [0.4, 0.5) is 5.69 Å². The minimum Gasteiger partial charge on any atom is -0.356 e. The highest BCUT2D eigenvalue weighted by Crippen LogP contribution is 2.21. The lowest BCUT2D eigenvalue weighted by Crippen LogP contribution is -2.44. The number of carbonyl (C=O) groups is 3. The number of para-hydroxylation sites is 1. The van der Waals surface area contributed by atoms with Crippen LogP contribution in [0.25, 0.3) is 0 Å². The number of nitrogens with one attached hydrogen (secondary N) is 3. The van der Waals surface area contributed by atoms with Gasteiger partial charge in [-0.25, -0.2) is 8.42 Å². The SMILES string of the molecule is O=C(C[C@H]1NC(=O)c2ccccc2NC1=O)NCCc1ccc(S(=O)(=O)N2CCCC2)cc1. The van der Waals surface area contributed by atoms with Crippen LogP contribution in [0.1, 0.15) is 35.2 Å². The standard InChI is InChI=1S/C23H26N4O5S/c28-21(15-20-23(30)25-19-6-2-1-5-18(19)22(29)26-20)24-12-11-16-7-9-17(10-8-16)33(31,32)27-13-3-4-14-27/h1-2,5-10,20H,3-4,11-15H2,(H,24,28)(H,25,30)(H,26,29)/t20-/m1/s1. The van der Waals surface area contributed by atoms with E-state index in [-0.39, 0.29) is 17.2 Å². The first-order valence-corrected chi connectivity index (χ1v) is 12.3. The third-order valence-corrected chi connectivity index (χ3v) is 7.72. The number of nitrogens with zero attached hydrogens (tertiary/aromatic N) is 1. The number of rotatable bonds is 7. The van der Waals surface area contributed by atoms with Crippen molar-refractivity contribution in [2.45, 2.75) is 36.6 Å². The molecule has 0 radical (unpaired) electrons. The Hall–Kier alpha value is -3.24. The van der Waals surface area contributed by atoms with Crippen molar-refractivity contribution < 1.29 is 22.8 Å². The summed E-state index contributed by atoms with van der Waals surface area (Å²) in [6, 6.07) is 12.4. The molecule has 0 unspecified atom stereocenters. The number of sulfonamides is 1. The average Bonchev–Trinajstić information content (AvgIpc) is 3.32. The maximum Gasteiger partial charge on any atom is 0.254 e. The second kappa shape index (κ2) is 9.72. The molecular weight excluding hydrogens is 444 g/mol. The predicted octanol–water partition coefficient (Wildman–Crippen LogP) is 1.27. The summed E-state index contributed by atoms with van der Waals surface area (Å²) >= 11 is 0. The molecule has 0 aromatic heterocycles. The molecular formula is C23H26N4O5S. The third kappa shape index (κ3) is 5.23. The van der Waals surface area contributed by atoms with Crippen molar-refractivity contribution in [3.63, 3.8) is 0 Å². The molecule has 4 rings (SSSR count). The number of hydrogen-bond donors (Lipinski definition) is 3. The summed E-state index contributed by atoms with van der Waals surface area (Å²) < 4.78 is 26.7. The molecule has 0 spiro atoms. The Kier molecular flexibility index (Phi) is 6.75. The molecule has 174 valence electrons. The van der Waals surface area contributed by atoms with Crippen molar-refractivity contribution in [1.82, 2.24) is 14.9 Å². The van der Waals surface area contributed by atoms with Gasteiger partial charge in [-0.15, -0.1) is 0 Å². The molecule has 1 atom stereocenters. The number of amides is 3. The predicted molar refractivity (Wildman–Crippen MR) is 122 cm³/mol. The van der Waals surface area contributed by atoms with E-state index in [1.165, 1.54) is 4.31 Å². The summed E-state index contributed by atoms with van der Waals surface area (Å²) in [7, 11) is -3.45. The summed E-state index contributed by atoms with van der Waals surface area (Å²) in [6.07, 6.45) is 2.09. The van der Waals surface area contributed by atoms with E-state index >= 15 is 0 Å². The Bertz CT molecular complexity index is 1160. The molecule has 2 aliphatic heterocycles. The Balaban J connectivity index is 1.27. The molecule has 0 saturated carbocycles. The number of fused-ring (bicyclic) bond motifs is 1. The van der Waals surface area contributed by atoms with Gasteiger partial charge in [-0.05, 0) is 49.1 Å². The smallest absolute Gasteiger partial charge is 0.254 e. The van der Waals surface area contributed by atoms with Gasteiger partial charge in [0.1, 0.15) is 6.04 Å². The molecule has 1 saturated heterocycles. The van der Waals surface area contributed by atoms with Crippen LogP contribution in [0, 0.1) is 0 Å². The molecule has 2 aromatic rings. The van der Waals surface area contributed by atoms with E-state index in [1.54, 1.807) is 48.5 Å². The van der Waals surface area contributed by atoms with Crippen LogP contribution in [0.3, 0.4) is 0 Å². The average molecular weight is 471 g/mol. The van der Waals surface area contributed by atoms with Gasteiger partial charge in [0.25, 0.3) is 5.91 Å². The van der Waals surface area contributed by atoms with Crippen molar-refractivity contribution in [3.05, 3.63) is 59.7 Å². The summed E-state index contributed by atoms with van der Waals surface area (Å²) in [6.45, 7) is 1.43. The molecule has 2 aromatic carbocycles. The zero-order valence-electron chi connectivity index (χ0n) is 18.0. The van der Waals surface area contributed by atoms with Gasteiger partial charge in [-0.3, -0.25) is 14.4 Å². The maximum atomic E-state index is 12.6. The molecule has 2 aliphatic rings. The van der Waals surface area contributed by atoms with E-state index in [9.17, 15) is 22.8 Å². The first kappa shape index (κ1) is 22.9. The Morgan fingerprint density at radius 1 is 1.03 bits per heavy atom. The normalized spacial score (nSPS) is 18.7. The molecule has 3 N–H and O–H groups in total. The zero-order chi connectivity index (χ0) is 23.4. The van der Waals surface area contributed by atoms with Crippen LogP contribution in [0.2, 0.25) is 0 Å². The minimum absolute atomic E-state index is 0.182. The van der Waals surface area contributed by atoms with Crippen molar-refractivity contribution >= 4 is 33.4 Å². The van der Waals surface area contributed by atoms with E-state index in [0.29, 0.717) is 37.3 Å². The van der Waals surface area contributed by atoms with Crippen molar-refractivity contribution in [1.29, 1.82) is 0 Å². The van der Waals surface area contributed by atoms with Gasteiger partial charge >= 0.3 is 0 Å². The number of carbonyl (C=O) groups excluding carboxylic acids is 3. The lowest BCUT2D eigenvalue weighted by Gasteiger charge is -2.16. The monoisotopic (exact) mass is 470 g/mol. The van der Waals surface area contributed by atoms with Gasteiger partial charge < -0.3 is 16.0 Å². The summed E-state index contributed by atoms with van der Waals surface area (Å²) in [5, 5.41) is 8.02. The van der Waals surface area contributed by atoms with Gasteiger partial charge in [-0.2, -0.15) is 4.31 Å². The van der Waals surface area contributed by atoms with Gasteiger partial charge in [0.05, 0.1) is 22.6 Å². The van der Waals surface area contributed by atoms with Gasteiger partial charge in [0.2, 0.25) is 21.8 Å². The molecule has 33 heavy (non-hydrogen) atoms. The molecule has 10 heteroatoms. The number of anilines is 1. The Morgan fingerprint density at radius 2 is 1.73 bits per heavy atom. The van der Waals surface area contributed by atoms with E-state index in [0.717, 1.165) is 18.4 Å².